The van der Waals surface area contributed by atoms with Gasteiger partial charge in [-0.15, -0.1) is 11.3 Å². The lowest BCUT2D eigenvalue weighted by Crippen LogP contribution is -2.46. The number of methoxy groups -OCH3 is 2. The third kappa shape index (κ3) is 5.39. The van der Waals surface area contributed by atoms with Crippen molar-refractivity contribution in [2.24, 2.45) is 0 Å². The summed E-state index contributed by atoms with van der Waals surface area (Å²) in [6.07, 6.45) is 3.25. The summed E-state index contributed by atoms with van der Waals surface area (Å²) < 4.78 is 15.8. The molecule has 0 bridgehead atoms. The third-order valence-electron chi connectivity index (χ3n) is 6.19. The van der Waals surface area contributed by atoms with Crippen LogP contribution in [0.4, 0.5) is 0 Å². The SMILES string of the molecule is COc1ccc(-c2nc(CC(=O)OCC(=O)NCC3(c4ccccc4)CCC3)cs2)cc1OC. The van der Waals surface area contributed by atoms with E-state index in [9.17, 15) is 9.59 Å². The Bertz CT molecular complexity index is 1140. The standard InChI is InChI=1S/C26H28N2O5S/c1-31-21-10-9-18(13-22(21)32-2)25-28-20(16-34-25)14-24(30)33-15-23(29)27-17-26(11-6-12-26)19-7-4-3-5-8-19/h3-5,7-10,13,16H,6,11-12,14-15,17H2,1-2H3,(H,27,29). The fraction of sp³-hybridized carbons (Fsp3) is 0.346. The third-order valence-corrected chi connectivity index (χ3v) is 7.13. The van der Waals surface area contributed by atoms with Gasteiger partial charge >= 0.3 is 5.97 Å². The van der Waals surface area contributed by atoms with Gasteiger partial charge in [0.2, 0.25) is 0 Å². The highest BCUT2D eigenvalue weighted by Crippen LogP contribution is 2.43. The largest absolute Gasteiger partial charge is 0.493 e. The highest BCUT2D eigenvalue weighted by Gasteiger charge is 2.38. The van der Waals surface area contributed by atoms with E-state index < -0.39 is 5.97 Å². The topological polar surface area (TPSA) is 86.8 Å². The highest BCUT2D eigenvalue weighted by molar-refractivity contribution is 7.13. The van der Waals surface area contributed by atoms with Gasteiger partial charge in [0.1, 0.15) is 5.01 Å². The summed E-state index contributed by atoms with van der Waals surface area (Å²) in [6, 6.07) is 15.8. The Morgan fingerprint density at radius 2 is 1.82 bits per heavy atom. The van der Waals surface area contributed by atoms with Crippen molar-refractivity contribution in [3.63, 3.8) is 0 Å². The summed E-state index contributed by atoms with van der Waals surface area (Å²) in [5, 5.41) is 5.51. The number of ether oxygens (including phenoxy) is 3. The van der Waals surface area contributed by atoms with E-state index in [-0.39, 0.29) is 24.3 Å². The van der Waals surface area contributed by atoms with E-state index in [1.165, 1.54) is 16.9 Å². The molecule has 0 spiro atoms. The lowest BCUT2D eigenvalue weighted by atomic mass is 9.64. The molecule has 1 saturated carbocycles. The Balaban J connectivity index is 1.26. The first kappa shape index (κ1) is 23.8. The molecule has 1 N–H and O–H groups in total. The predicted octanol–water partition coefficient (Wildman–Crippen LogP) is 4.15. The average molecular weight is 481 g/mol. The minimum Gasteiger partial charge on any atom is -0.493 e. The molecule has 7 nitrogen and oxygen atoms in total. The molecule has 0 atom stereocenters. The molecule has 3 aromatic rings. The van der Waals surface area contributed by atoms with Crippen molar-refractivity contribution in [2.75, 3.05) is 27.4 Å². The molecule has 1 heterocycles. The Kier molecular flexibility index (Phi) is 7.47. The molecule has 2 aromatic carbocycles. The number of hydrogen-bond acceptors (Lipinski definition) is 7. The van der Waals surface area contributed by atoms with Crippen LogP contribution in [0.1, 0.15) is 30.5 Å². The minimum absolute atomic E-state index is 0.00498. The molecule has 178 valence electrons. The molecular weight excluding hydrogens is 452 g/mol. The van der Waals surface area contributed by atoms with Crippen LogP contribution in [0.3, 0.4) is 0 Å². The van der Waals surface area contributed by atoms with Crippen LogP contribution in [-0.4, -0.2) is 44.2 Å². The zero-order valence-electron chi connectivity index (χ0n) is 19.3. The van der Waals surface area contributed by atoms with Crippen molar-refractivity contribution in [1.29, 1.82) is 0 Å². The van der Waals surface area contributed by atoms with Crippen LogP contribution in [0.15, 0.2) is 53.9 Å². The molecule has 1 amide bonds. The maximum absolute atomic E-state index is 12.3. The summed E-state index contributed by atoms with van der Waals surface area (Å²) in [6.45, 7) is 0.255. The maximum Gasteiger partial charge on any atom is 0.312 e. The van der Waals surface area contributed by atoms with Crippen LogP contribution >= 0.6 is 11.3 Å². The van der Waals surface area contributed by atoms with E-state index in [0.29, 0.717) is 23.7 Å². The second-order valence-corrected chi connectivity index (χ2v) is 9.19. The number of esters is 1. The first-order valence-electron chi connectivity index (χ1n) is 11.2. The number of hydrogen-bond donors (Lipinski definition) is 1. The fourth-order valence-electron chi connectivity index (χ4n) is 4.12. The summed E-state index contributed by atoms with van der Waals surface area (Å²) in [5.41, 5.74) is 2.69. The number of thiazole rings is 1. The molecule has 1 aliphatic rings. The molecule has 8 heteroatoms. The number of carbonyl (C=O) groups is 2. The molecule has 34 heavy (non-hydrogen) atoms. The lowest BCUT2D eigenvalue weighted by molar-refractivity contribution is -0.148. The minimum atomic E-state index is -0.485. The summed E-state index contributed by atoms with van der Waals surface area (Å²) in [5.74, 6) is 0.468. The number of nitrogens with zero attached hydrogens (tertiary/aromatic N) is 1. The molecule has 1 aromatic heterocycles. The lowest BCUT2D eigenvalue weighted by Gasteiger charge is -2.42. The van der Waals surface area contributed by atoms with Gasteiger partial charge in [-0.3, -0.25) is 9.59 Å². The molecule has 0 radical (unpaired) electrons. The number of amides is 1. The van der Waals surface area contributed by atoms with Crippen LogP contribution < -0.4 is 14.8 Å². The van der Waals surface area contributed by atoms with E-state index in [2.05, 4.69) is 22.4 Å². The summed E-state index contributed by atoms with van der Waals surface area (Å²) in [7, 11) is 3.16. The van der Waals surface area contributed by atoms with Crippen LogP contribution in [0.25, 0.3) is 10.6 Å². The van der Waals surface area contributed by atoms with E-state index in [1.54, 1.807) is 14.2 Å². The van der Waals surface area contributed by atoms with Crippen molar-refractivity contribution >= 4 is 23.2 Å². The first-order chi connectivity index (χ1) is 16.5. The fourth-order valence-corrected chi connectivity index (χ4v) is 4.93. The van der Waals surface area contributed by atoms with Gasteiger partial charge in [-0.2, -0.15) is 0 Å². The zero-order valence-corrected chi connectivity index (χ0v) is 20.2. The highest BCUT2D eigenvalue weighted by atomic mass is 32.1. The Morgan fingerprint density at radius 3 is 2.50 bits per heavy atom. The monoisotopic (exact) mass is 480 g/mol. The molecule has 1 fully saturated rings. The Labute approximate surface area is 203 Å². The van der Waals surface area contributed by atoms with Crippen molar-refractivity contribution in [3.8, 4) is 22.1 Å². The zero-order chi connectivity index (χ0) is 24.0. The number of aromatic nitrogens is 1. The maximum atomic E-state index is 12.3. The summed E-state index contributed by atoms with van der Waals surface area (Å²) >= 11 is 1.42. The van der Waals surface area contributed by atoms with Crippen molar-refractivity contribution in [3.05, 3.63) is 65.2 Å². The number of benzene rings is 2. The Morgan fingerprint density at radius 1 is 1.06 bits per heavy atom. The normalized spacial score (nSPS) is 14.1. The van der Waals surface area contributed by atoms with Crippen molar-refractivity contribution < 1.29 is 23.8 Å². The van der Waals surface area contributed by atoms with Gasteiger partial charge in [0.25, 0.3) is 5.91 Å². The van der Waals surface area contributed by atoms with Crippen LogP contribution in [-0.2, 0) is 26.2 Å². The van der Waals surface area contributed by atoms with E-state index >= 15 is 0 Å². The number of rotatable bonds is 10. The van der Waals surface area contributed by atoms with Crippen molar-refractivity contribution in [2.45, 2.75) is 31.1 Å². The molecule has 1 aliphatic carbocycles. The first-order valence-corrected chi connectivity index (χ1v) is 12.1. The quantitative estimate of drug-likeness (QED) is 0.439. The predicted molar refractivity (Wildman–Crippen MR) is 130 cm³/mol. The van der Waals surface area contributed by atoms with E-state index in [0.717, 1.165) is 29.8 Å². The van der Waals surface area contributed by atoms with Crippen LogP contribution in [0.2, 0.25) is 0 Å². The van der Waals surface area contributed by atoms with Gasteiger partial charge in [-0.25, -0.2) is 4.98 Å². The van der Waals surface area contributed by atoms with Gasteiger partial charge < -0.3 is 19.5 Å². The van der Waals surface area contributed by atoms with E-state index in [4.69, 9.17) is 14.2 Å². The van der Waals surface area contributed by atoms with Crippen molar-refractivity contribution in [1.82, 2.24) is 10.3 Å². The number of nitrogens with one attached hydrogen (secondary N) is 1. The number of carbonyl (C=O) groups excluding carboxylic acids is 2. The molecule has 4 rings (SSSR count). The smallest absolute Gasteiger partial charge is 0.312 e. The van der Waals surface area contributed by atoms with Gasteiger partial charge in [-0.1, -0.05) is 36.8 Å². The van der Waals surface area contributed by atoms with Gasteiger partial charge in [0, 0.05) is 22.9 Å². The molecular formula is C26H28N2O5S. The molecule has 0 aliphatic heterocycles. The second kappa shape index (κ2) is 10.7. The van der Waals surface area contributed by atoms with Gasteiger partial charge in [0.15, 0.2) is 18.1 Å². The molecule has 0 unspecified atom stereocenters. The average Bonchev–Trinajstić information content (AvgIpc) is 3.30. The Hall–Kier alpha value is -3.39. The van der Waals surface area contributed by atoms with Gasteiger partial charge in [-0.05, 0) is 36.6 Å². The second-order valence-electron chi connectivity index (χ2n) is 8.33. The van der Waals surface area contributed by atoms with Gasteiger partial charge in [0.05, 0.1) is 26.3 Å². The summed E-state index contributed by atoms with van der Waals surface area (Å²) in [4.78, 5) is 29.1. The van der Waals surface area contributed by atoms with E-state index in [1.807, 2.05) is 41.8 Å². The molecule has 0 saturated heterocycles. The van der Waals surface area contributed by atoms with Crippen LogP contribution in [0, 0.1) is 0 Å². The van der Waals surface area contributed by atoms with Crippen LogP contribution in [0.5, 0.6) is 11.5 Å².